The summed E-state index contributed by atoms with van der Waals surface area (Å²) < 4.78 is 6.64. The third kappa shape index (κ3) is 6.59. The van der Waals surface area contributed by atoms with Gasteiger partial charge in [-0.25, -0.2) is 4.79 Å². The van der Waals surface area contributed by atoms with E-state index in [2.05, 4.69) is 45.3 Å². The largest absolute Gasteiger partial charge is 0.374 e. The highest BCUT2D eigenvalue weighted by Crippen LogP contribution is 2.21. The molecule has 1 aromatic rings. The molecule has 134 valence electrons. The Morgan fingerprint density at radius 3 is 2.96 bits per heavy atom. The van der Waals surface area contributed by atoms with Crippen molar-refractivity contribution in [2.24, 2.45) is 5.92 Å². The number of hydrogen-bond acceptors (Lipinski definition) is 3. The van der Waals surface area contributed by atoms with Crippen molar-refractivity contribution in [1.29, 1.82) is 0 Å². The summed E-state index contributed by atoms with van der Waals surface area (Å²) in [6.45, 7) is 8.92. The Bertz CT molecular complexity index is 557. The number of carbonyl (C=O) groups excluding carboxylic acids is 1. The second-order valence-electron chi connectivity index (χ2n) is 6.45. The lowest BCUT2D eigenvalue weighted by Crippen LogP contribution is -2.49. The van der Waals surface area contributed by atoms with Crippen molar-refractivity contribution in [3.63, 3.8) is 0 Å². The molecule has 1 heterocycles. The minimum atomic E-state index is -0.210. The number of ether oxygens (including phenoxy) is 1. The van der Waals surface area contributed by atoms with Crippen LogP contribution in [0.2, 0.25) is 5.02 Å². The number of nitrogens with zero attached hydrogens (tertiary/aromatic N) is 1. The standard InChI is InChI=1S/C17H25BrClN3O2/c1-12(2)10-22-5-6-24-15(11-22)9-21-17(23)20-8-13-3-4-14(18)7-16(13)19/h3-4,7,12,15H,5-6,8-11H2,1-2H3,(H2,20,21,23). The minimum absolute atomic E-state index is 0.0412. The molecule has 0 aliphatic carbocycles. The van der Waals surface area contributed by atoms with E-state index in [4.69, 9.17) is 16.3 Å². The lowest BCUT2D eigenvalue weighted by Gasteiger charge is -2.33. The predicted molar refractivity (Wildman–Crippen MR) is 100 cm³/mol. The fourth-order valence-electron chi connectivity index (χ4n) is 2.70. The molecular formula is C17H25BrClN3O2. The molecule has 1 aliphatic rings. The quantitative estimate of drug-likeness (QED) is 0.745. The third-order valence-corrected chi connectivity index (χ3v) is 4.64. The van der Waals surface area contributed by atoms with Gasteiger partial charge in [-0.1, -0.05) is 47.4 Å². The number of halogens is 2. The molecule has 1 unspecified atom stereocenters. The normalized spacial score (nSPS) is 18.6. The van der Waals surface area contributed by atoms with Gasteiger partial charge in [-0.15, -0.1) is 0 Å². The Labute approximate surface area is 157 Å². The highest BCUT2D eigenvalue weighted by Gasteiger charge is 2.21. The Balaban J connectivity index is 1.71. The van der Waals surface area contributed by atoms with Crippen molar-refractivity contribution in [2.75, 3.05) is 32.8 Å². The fourth-order valence-corrected chi connectivity index (χ4v) is 3.44. The molecule has 1 aromatic carbocycles. The van der Waals surface area contributed by atoms with Crippen molar-refractivity contribution >= 4 is 33.6 Å². The maximum Gasteiger partial charge on any atom is 0.315 e. The zero-order valence-corrected chi connectivity index (χ0v) is 16.5. The number of amides is 2. The SMILES string of the molecule is CC(C)CN1CCOC(CNC(=O)NCc2ccc(Br)cc2Cl)C1. The van der Waals surface area contributed by atoms with E-state index >= 15 is 0 Å². The second-order valence-corrected chi connectivity index (χ2v) is 7.77. The maximum atomic E-state index is 12.0. The first-order valence-electron chi connectivity index (χ1n) is 8.23. The lowest BCUT2D eigenvalue weighted by atomic mass is 10.2. The van der Waals surface area contributed by atoms with Crippen LogP contribution in [0.5, 0.6) is 0 Å². The van der Waals surface area contributed by atoms with Gasteiger partial charge in [-0.2, -0.15) is 0 Å². The molecule has 0 aromatic heterocycles. The number of rotatable bonds is 6. The van der Waals surface area contributed by atoms with Crippen LogP contribution in [0.1, 0.15) is 19.4 Å². The summed E-state index contributed by atoms with van der Waals surface area (Å²) in [6.07, 6.45) is 0.0412. The van der Waals surface area contributed by atoms with Crippen LogP contribution < -0.4 is 10.6 Å². The van der Waals surface area contributed by atoms with Crippen LogP contribution in [-0.2, 0) is 11.3 Å². The molecule has 7 heteroatoms. The van der Waals surface area contributed by atoms with Gasteiger partial charge in [0, 0.05) is 42.2 Å². The Morgan fingerprint density at radius 2 is 2.25 bits per heavy atom. The molecule has 1 atom stereocenters. The average molecular weight is 419 g/mol. The Kier molecular flexibility index (Phi) is 7.81. The van der Waals surface area contributed by atoms with Crippen LogP contribution in [-0.4, -0.2) is 49.8 Å². The van der Waals surface area contributed by atoms with E-state index in [1.165, 1.54) is 0 Å². The first-order valence-corrected chi connectivity index (χ1v) is 9.40. The summed E-state index contributed by atoms with van der Waals surface area (Å²) in [6, 6.07) is 5.40. The van der Waals surface area contributed by atoms with E-state index in [1.807, 2.05) is 18.2 Å². The zero-order valence-electron chi connectivity index (χ0n) is 14.1. The van der Waals surface area contributed by atoms with E-state index in [-0.39, 0.29) is 12.1 Å². The van der Waals surface area contributed by atoms with Gasteiger partial charge in [0.1, 0.15) is 0 Å². The highest BCUT2D eigenvalue weighted by atomic mass is 79.9. The Hall–Kier alpha value is -0.820. The predicted octanol–water partition coefficient (Wildman–Crippen LogP) is 3.26. The molecule has 2 rings (SSSR count). The van der Waals surface area contributed by atoms with Crippen LogP contribution in [0, 0.1) is 5.92 Å². The van der Waals surface area contributed by atoms with Gasteiger partial charge in [-0.05, 0) is 23.6 Å². The topological polar surface area (TPSA) is 53.6 Å². The van der Waals surface area contributed by atoms with Crippen molar-refractivity contribution in [1.82, 2.24) is 15.5 Å². The molecule has 1 saturated heterocycles. The van der Waals surface area contributed by atoms with Gasteiger partial charge < -0.3 is 15.4 Å². The molecular weight excluding hydrogens is 394 g/mol. The van der Waals surface area contributed by atoms with Crippen molar-refractivity contribution < 1.29 is 9.53 Å². The molecule has 0 spiro atoms. The first kappa shape index (κ1) is 19.5. The molecule has 2 N–H and O–H groups in total. The average Bonchev–Trinajstić information content (AvgIpc) is 2.52. The molecule has 1 aliphatic heterocycles. The Morgan fingerprint density at radius 1 is 1.46 bits per heavy atom. The summed E-state index contributed by atoms with van der Waals surface area (Å²) in [7, 11) is 0. The van der Waals surface area contributed by atoms with E-state index in [0.717, 1.165) is 36.3 Å². The molecule has 24 heavy (non-hydrogen) atoms. The number of urea groups is 1. The summed E-state index contributed by atoms with van der Waals surface area (Å²) >= 11 is 9.50. The van der Waals surface area contributed by atoms with E-state index in [0.29, 0.717) is 24.0 Å². The molecule has 0 radical (unpaired) electrons. The van der Waals surface area contributed by atoms with Gasteiger partial charge in [0.15, 0.2) is 0 Å². The number of morpholine rings is 1. The smallest absolute Gasteiger partial charge is 0.315 e. The lowest BCUT2D eigenvalue weighted by molar-refractivity contribution is -0.0290. The molecule has 0 saturated carbocycles. The van der Waals surface area contributed by atoms with Crippen molar-refractivity contribution in [3.8, 4) is 0 Å². The summed E-state index contributed by atoms with van der Waals surface area (Å²) in [5.41, 5.74) is 0.882. The van der Waals surface area contributed by atoms with Gasteiger partial charge in [0.2, 0.25) is 0 Å². The highest BCUT2D eigenvalue weighted by molar-refractivity contribution is 9.10. The monoisotopic (exact) mass is 417 g/mol. The van der Waals surface area contributed by atoms with E-state index in [9.17, 15) is 4.79 Å². The van der Waals surface area contributed by atoms with E-state index in [1.54, 1.807) is 0 Å². The summed E-state index contributed by atoms with van der Waals surface area (Å²) in [5.74, 6) is 0.635. The van der Waals surface area contributed by atoms with Gasteiger partial charge >= 0.3 is 6.03 Å². The van der Waals surface area contributed by atoms with Crippen LogP contribution in [0.4, 0.5) is 4.79 Å². The minimum Gasteiger partial charge on any atom is -0.374 e. The molecule has 1 fully saturated rings. The molecule has 0 bridgehead atoms. The first-order chi connectivity index (χ1) is 11.4. The maximum absolute atomic E-state index is 12.0. The summed E-state index contributed by atoms with van der Waals surface area (Å²) in [4.78, 5) is 14.3. The van der Waals surface area contributed by atoms with E-state index < -0.39 is 0 Å². The van der Waals surface area contributed by atoms with Crippen LogP contribution in [0.3, 0.4) is 0 Å². The zero-order chi connectivity index (χ0) is 17.5. The number of nitrogens with one attached hydrogen (secondary N) is 2. The molecule has 5 nitrogen and oxygen atoms in total. The molecule has 2 amide bonds. The van der Waals surface area contributed by atoms with Crippen LogP contribution >= 0.6 is 27.5 Å². The number of benzene rings is 1. The fraction of sp³-hybridized carbons (Fsp3) is 0.588. The van der Waals surface area contributed by atoms with Gasteiger partial charge in [0.05, 0.1) is 12.7 Å². The van der Waals surface area contributed by atoms with Gasteiger partial charge in [0.25, 0.3) is 0 Å². The summed E-state index contributed by atoms with van der Waals surface area (Å²) in [5, 5.41) is 6.33. The van der Waals surface area contributed by atoms with Crippen molar-refractivity contribution in [2.45, 2.75) is 26.5 Å². The van der Waals surface area contributed by atoms with Gasteiger partial charge in [-0.3, -0.25) is 4.90 Å². The second kappa shape index (κ2) is 9.61. The number of carbonyl (C=O) groups is 1. The van der Waals surface area contributed by atoms with Crippen molar-refractivity contribution in [3.05, 3.63) is 33.3 Å². The third-order valence-electron chi connectivity index (χ3n) is 3.79. The van der Waals surface area contributed by atoms with Crippen LogP contribution in [0.15, 0.2) is 22.7 Å². The number of hydrogen-bond donors (Lipinski definition) is 2. The van der Waals surface area contributed by atoms with Crippen LogP contribution in [0.25, 0.3) is 0 Å².